The minimum Gasteiger partial charge on any atom is -0.467 e. The highest BCUT2D eigenvalue weighted by Gasteiger charge is 2.34. The Morgan fingerprint density at radius 2 is 1.44 bits per heavy atom. The number of hydrogen-bond acceptors (Lipinski definition) is 4. The average molecular weight is 369 g/mol. The fourth-order valence-corrected chi connectivity index (χ4v) is 3.11. The third-order valence-electron chi connectivity index (χ3n) is 4.40. The number of aliphatic hydroxyl groups is 1. The molecule has 0 aliphatic heterocycles. The minimum atomic E-state index is -1.18. The van der Waals surface area contributed by atoms with Crippen molar-refractivity contribution in [2.24, 2.45) is 5.92 Å². The van der Waals surface area contributed by atoms with Crippen molar-refractivity contribution in [3.63, 3.8) is 0 Å². The molecule has 2 aromatic rings. The number of esters is 1. The van der Waals surface area contributed by atoms with E-state index in [1.165, 1.54) is 7.11 Å². The summed E-state index contributed by atoms with van der Waals surface area (Å²) < 4.78 is 4.96. The summed E-state index contributed by atoms with van der Waals surface area (Å²) >= 11 is 0. The fraction of sp³-hybridized carbons (Fsp3) is 0.364. The molecule has 0 heterocycles. The monoisotopic (exact) mass is 369 g/mol. The lowest BCUT2D eigenvalue weighted by Crippen LogP contribution is -2.49. The van der Waals surface area contributed by atoms with Gasteiger partial charge in [0.1, 0.15) is 12.1 Å². The van der Waals surface area contributed by atoms with Crippen LogP contribution in [0.3, 0.4) is 0 Å². The quantitative estimate of drug-likeness (QED) is 0.702. The first-order chi connectivity index (χ1) is 12.9. The number of aliphatic hydroxyl groups excluding tert-OH is 1. The van der Waals surface area contributed by atoms with E-state index in [4.69, 9.17) is 4.74 Å². The van der Waals surface area contributed by atoms with Crippen LogP contribution < -0.4 is 5.32 Å². The third kappa shape index (κ3) is 5.66. The van der Waals surface area contributed by atoms with Crippen LogP contribution in [0.2, 0.25) is 0 Å². The first kappa shape index (κ1) is 20.6. The van der Waals surface area contributed by atoms with Crippen molar-refractivity contribution in [1.29, 1.82) is 0 Å². The molecule has 27 heavy (non-hydrogen) atoms. The molecule has 5 heteroatoms. The average Bonchev–Trinajstić information content (AvgIpc) is 2.68. The van der Waals surface area contributed by atoms with E-state index in [0.29, 0.717) is 6.42 Å². The van der Waals surface area contributed by atoms with Gasteiger partial charge in [0.15, 0.2) is 0 Å². The number of rotatable bonds is 8. The number of amides is 1. The molecule has 2 atom stereocenters. The Hall–Kier alpha value is -2.66. The van der Waals surface area contributed by atoms with Crippen LogP contribution in [0.15, 0.2) is 60.7 Å². The maximum Gasteiger partial charge on any atom is 0.329 e. The Morgan fingerprint density at radius 3 is 1.85 bits per heavy atom. The molecule has 0 spiro atoms. The normalized spacial score (nSPS) is 13.3. The standard InChI is InChI=1S/C22H27NO4/c1-15(2)14-18(24)21(25)23-20(22(26)27-3)19(16-10-6-4-7-11-16)17-12-8-5-9-13-17/h4-13,15,18-20,24H,14H2,1-3H3,(H,23,25)/t18-,20+/m0/s1. The van der Waals surface area contributed by atoms with E-state index in [2.05, 4.69) is 5.32 Å². The lowest BCUT2D eigenvalue weighted by Gasteiger charge is -2.28. The number of hydrogen-bond donors (Lipinski definition) is 2. The number of carbonyl (C=O) groups excluding carboxylic acids is 2. The van der Waals surface area contributed by atoms with E-state index >= 15 is 0 Å². The van der Waals surface area contributed by atoms with E-state index in [1.54, 1.807) is 0 Å². The Bertz CT molecular complexity index is 691. The van der Waals surface area contributed by atoms with Crippen LogP contribution >= 0.6 is 0 Å². The lowest BCUT2D eigenvalue weighted by molar-refractivity contribution is -0.146. The van der Waals surface area contributed by atoms with E-state index in [1.807, 2.05) is 74.5 Å². The Kier molecular flexibility index (Phi) is 7.55. The van der Waals surface area contributed by atoms with E-state index in [-0.39, 0.29) is 5.92 Å². The second-order valence-corrected chi connectivity index (χ2v) is 6.95. The summed E-state index contributed by atoms with van der Waals surface area (Å²) in [6.07, 6.45) is -0.856. The Morgan fingerprint density at radius 1 is 0.963 bits per heavy atom. The van der Waals surface area contributed by atoms with Gasteiger partial charge in [-0.05, 0) is 23.5 Å². The molecule has 1 amide bonds. The van der Waals surface area contributed by atoms with Gasteiger partial charge in [-0.3, -0.25) is 4.79 Å². The maximum absolute atomic E-state index is 12.6. The van der Waals surface area contributed by atoms with Crippen molar-refractivity contribution in [2.75, 3.05) is 7.11 Å². The highest BCUT2D eigenvalue weighted by molar-refractivity contribution is 5.88. The topological polar surface area (TPSA) is 75.6 Å². The molecule has 0 aliphatic rings. The fourth-order valence-electron chi connectivity index (χ4n) is 3.11. The van der Waals surface area contributed by atoms with Crippen molar-refractivity contribution in [1.82, 2.24) is 5.32 Å². The summed E-state index contributed by atoms with van der Waals surface area (Å²) in [5.41, 5.74) is 1.75. The molecule has 2 N–H and O–H groups in total. The van der Waals surface area contributed by atoms with Crippen LogP contribution in [0.5, 0.6) is 0 Å². The van der Waals surface area contributed by atoms with Crippen LogP contribution in [0.4, 0.5) is 0 Å². The first-order valence-corrected chi connectivity index (χ1v) is 9.10. The Balaban J connectivity index is 2.40. The molecular weight excluding hydrogens is 342 g/mol. The predicted molar refractivity (Wildman–Crippen MR) is 104 cm³/mol. The molecule has 0 unspecified atom stereocenters. The van der Waals surface area contributed by atoms with Gasteiger partial charge in [0.05, 0.1) is 7.11 Å². The zero-order valence-corrected chi connectivity index (χ0v) is 16.0. The van der Waals surface area contributed by atoms with Crippen LogP contribution in [0.25, 0.3) is 0 Å². The molecule has 0 aliphatic carbocycles. The van der Waals surface area contributed by atoms with Gasteiger partial charge in [0.2, 0.25) is 5.91 Å². The highest BCUT2D eigenvalue weighted by Crippen LogP contribution is 2.29. The largest absolute Gasteiger partial charge is 0.467 e. The van der Waals surface area contributed by atoms with Crippen molar-refractivity contribution in [3.05, 3.63) is 71.8 Å². The van der Waals surface area contributed by atoms with Crippen molar-refractivity contribution < 1.29 is 19.4 Å². The smallest absolute Gasteiger partial charge is 0.329 e. The highest BCUT2D eigenvalue weighted by atomic mass is 16.5. The number of carbonyl (C=O) groups is 2. The molecule has 2 rings (SSSR count). The zero-order valence-electron chi connectivity index (χ0n) is 16.0. The van der Waals surface area contributed by atoms with Gasteiger partial charge in [-0.25, -0.2) is 4.79 Å². The van der Waals surface area contributed by atoms with Gasteiger partial charge in [-0.15, -0.1) is 0 Å². The first-order valence-electron chi connectivity index (χ1n) is 9.10. The number of benzene rings is 2. The van der Waals surface area contributed by atoms with E-state index in [9.17, 15) is 14.7 Å². The molecule has 0 radical (unpaired) electrons. The van der Waals surface area contributed by atoms with Crippen LogP contribution in [-0.4, -0.2) is 36.2 Å². The summed E-state index contributed by atoms with van der Waals surface area (Å²) in [7, 11) is 1.29. The molecule has 0 aromatic heterocycles. The summed E-state index contributed by atoms with van der Waals surface area (Å²) in [6.45, 7) is 3.84. The van der Waals surface area contributed by atoms with Crippen molar-refractivity contribution in [3.8, 4) is 0 Å². The number of methoxy groups -OCH3 is 1. The molecule has 2 aromatic carbocycles. The Labute approximate surface area is 160 Å². The summed E-state index contributed by atoms with van der Waals surface area (Å²) in [4.78, 5) is 25.1. The molecule has 144 valence electrons. The van der Waals surface area contributed by atoms with Gasteiger partial charge in [-0.2, -0.15) is 0 Å². The van der Waals surface area contributed by atoms with Crippen LogP contribution in [0.1, 0.15) is 37.3 Å². The molecule has 0 bridgehead atoms. The number of ether oxygens (including phenoxy) is 1. The zero-order chi connectivity index (χ0) is 19.8. The van der Waals surface area contributed by atoms with Crippen molar-refractivity contribution >= 4 is 11.9 Å². The minimum absolute atomic E-state index is 0.154. The van der Waals surface area contributed by atoms with Crippen molar-refractivity contribution in [2.45, 2.75) is 38.3 Å². The second-order valence-electron chi connectivity index (χ2n) is 6.95. The van der Waals surface area contributed by atoms with Crippen LogP contribution in [-0.2, 0) is 14.3 Å². The summed E-state index contributed by atoms with van der Waals surface area (Å²) in [6, 6.07) is 18.0. The van der Waals surface area contributed by atoms with Gasteiger partial charge in [0.25, 0.3) is 0 Å². The molecule has 0 saturated carbocycles. The molecule has 5 nitrogen and oxygen atoms in total. The van der Waals surface area contributed by atoms with Gasteiger partial charge < -0.3 is 15.2 Å². The third-order valence-corrected chi connectivity index (χ3v) is 4.40. The van der Waals surface area contributed by atoms with E-state index < -0.39 is 29.9 Å². The van der Waals surface area contributed by atoms with Crippen LogP contribution in [0, 0.1) is 5.92 Å². The lowest BCUT2D eigenvalue weighted by atomic mass is 9.84. The molecule has 0 fully saturated rings. The molecule has 0 saturated heterocycles. The van der Waals surface area contributed by atoms with Gasteiger partial charge in [-0.1, -0.05) is 74.5 Å². The number of nitrogens with one attached hydrogen (secondary N) is 1. The summed E-state index contributed by atoms with van der Waals surface area (Å²) in [5.74, 6) is -1.41. The maximum atomic E-state index is 12.6. The van der Waals surface area contributed by atoms with Gasteiger partial charge >= 0.3 is 5.97 Å². The summed E-state index contributed by atoms with van der Waals surface area (Å²) in [5, 5.41) is 12.9. The van der Waals surface area contributed by atoms with E-state index in [0.717, 1.165) is 11.1 Å². The SMILES string of the molecule is COC(=O)[C@H](NC(=O)[C@@H](O)CC(C)C)C(c1ccccc1)c1ccccc1. The molecular formula is C22H27NO4. The van der Waals surface area contributed by atoms with Gasteiger partial charge in [0, 0.05) is 5.92 Å². The predicted octanol–water partition coefficient (Wildman–Crippen LogP) is 2.88. The second kappa shape index (κ2) is 9.88.